The topological polar surface area (TPSA) is 52.2 Å². The van der Waals surface area contributed by atoms with Crippen LogP contribution in [0.2, 0.25) is 0 Å². The molecule has 0 saturated heterocycles. The Morgan fingerprint density at radius 3 is 1.53 bits per heavy atom. The number of benzene rings is 6. The summed E-state index contributed by atoms with van der Waals surface area (Å²) in [6.07, 6.45) is 0. The molecule has 0 atom stereocenters. The third-order valence-electron chi connectivity index (χ3n) is 7.31. The maximum Gasteiger partial charge on any atom is 0.150 e. The zero-order valence-electron chi connectivity index (χ0n) is 29.8. The van der Waals surface area contributed by atoms with Crippen LogP contribution in [0.4, 0.5) is 46.0 Å². The summed E-state index contributed by atoms with van der Waals surface area (Å²) in [6, 6.07) is 32.6. The molecule has 0 amide bonds. The lowest BCUT2D eigenvalue weighted by Crippen LogP contribution is -2.15. The number of halogens is 7. The maximum absolute atomic E-state index is 14.7. The summed E-state index contributed by atoms with van der Waals surface area (Å²) < 4.78 is 80.1. The van der Waals surface area contributed by atoms with Gasteiger partial charge < -0.3 is 31.7 Å². The van der Waals surface area contributed by atoms with E-state index in [-0.39, 0.29) is 27.2 Å². The van der Waals surface area contributed by atoms with Crippen LogP contribution in [0, 0.1) is 34.3 Å². The molecule has 55 heavy (non-hydrogen) atoms. The van der Waals surface area contributed by atoms with Crippen molar-refractivity contribution in [3.05, 3.63) is 165 Å². The third kappa shape index (κ3) is 12.3. The number of rotatable bonds is 9. The SMILES string of the molecule is COc1ccc(Br)cc1I.COc1ccccc1N(c1cc(Br)ccc1OC)c1c(F)cccc1F.COc1ccccc1Nc1c(F)cccc1F.[BH4-].[CH3-]. The minimum absolute atomic E-state index is 0. The Kier molecular flexibility index (Phi) is 19.4. The molecule has 0 aliphatic heterocycles. The maximum atomic E-state index is 14.7. The molecule has 0 unspecified atom stereocenters. The molecule has 0 fully saturated rings. The average Bonchev–Trinajstić information content (AvgIpc) is 3.15. The summed E-state index contributed by atoms with van der Waals surface area (Å²) in [6.45, 7) is 0. The monoisotopic (exact) mass is 996 g/mol. The van der Waals surface area contributed by atoms with E-state index in [2.05, 4.69) is 59.8 Å². The minimum Gasteiger partial charge on any atom is -0.496 e. The predicted octanol–water partition coefficient (Wildman–Crippen LogP) is 12.0. The van der Waals surface area contributed by atoms with Crippen LogP contribution in [0.25, 0.3) is 0 Å². The van der Waals surface area contributed by atoms with Crippen molar-refractivity contribution in [1.82, 2.24) is 0 Å². The number of para-hydroxylation sites is 6. The van der Waals surface area contributed by atoms with Gasteiger partial charge in [-0.2, -0.15) is 0 Å². The first-order valence-corrected chi connectivity index (χ1v) is 18.2. The number of anilines is 5. The van der Waals surface area contributed by atoms with Crippen LogP contribution in [-0.4, -0.2) is 36.9 Å². The molecule has 0 aromatic heterocycles. The van der Waals surface area contributed by atoms with Crippen LogP contribution in [0.5, 0.6) is 23.0 Å². The molecule has 292 valence electrons. The van der Waals surface area contributed by atoms with Crippen molar-refractivity contribution in [2.24, 2.45) is 0 Å². The molecule has 0 spiro atoms. The summed E-state index contributed by atoms with van der Waals surface area (Å²) in [5, 5.41) is 2.68. The molecule has 0 radical (unpaired) electrons. The van der Waals surface area contributed by atoms with Crippen LogP contribution >= 0.6 is 54.5 Å². The first-order chi connectivity index (χ1) is 25.5. The molecule has 14 heteroatoms. The second-order valence-corrected chi connectivity index (χ2v) is 13.6. The van der Waals surface area contributed by atoms with E-state index in [1.54, 1.807) is 73.8 Å². The van der Waals surface area contributed by atoms with Crippen LogP contribution < -0.4 is 29.2 Å². The molecular weight excluding hydrogens is 958 g/mol. The summed E-state index contributed by atoms with van der Waals surface area (Å²) in [7, 11) is 6.18. The molecule has 0 aliphatic rings. The van der Waals surface area contributed by atoms with Crippen molar-refractivity contribution in [3.63, 3.8) is 0 Å². The van der Waals surface area contributed by atoms with E-state index < -0.39 is 23.3 Å². The summed E-state index contributed by atoms with van der Waals surface area (Å²) in [4.78, 5) is 1.45. The van der Waals surface area contributed by atoms with Crippen molar-refractivity contribution in [3.8, 4) is 23.0 Å². The van der Waals surface area contributed by atoms with Gasteiger partial charge in [-0.15, -0.1) is 0 Å². The summed E-state index contributed by atoms with van der Waals surface area (Å²) in [5.41, 5.74) is 1.06. The van der Waals surface area contributed by atoms with Gasteiger partial charge in [0.05, 0.1) is 49.1 Å². The van der Waals surface area contributed by atoms with Crippen molar-refractivity contribution in [2.75, 3.05) is 38.7 Å². The van der Waals surface area contributed by atoms with Gasteiger partial charge in [0.1, 0.15) is 57.6 Å². The highest BCUT2D eigenvalue weighted by Gasteiger charge is 2.25. The van der Waals surface area contributed by atoms with E-state index in [1.807, 2.05) is 18.2 Å². The van der Waals surface area contributed by atoms with E-state index in [4.69, 9.17) is 18.9 Å². The Bertz CT molecular complexity index is 2110. The van der Waals surface area contributed by atoms with Crippen molar-refractivity contribution in [1.29, 1.82) is 0 Å². The number of nitrogens with one attached hydrogen (secondary N) is 1. The number of hydrogen-bond acceptors (Lipinski definition) is 6. The zero-order chi connectivity index (χ0) is 38.5. The Morgan fingerprint density at radius 2 is 0.982 bits per heavy atom. The lowest BCUT2D eigenvalue weighted by Gasteiger charge is -2.28. The molecule has 0 saturated carbocycles. The van der Waals surface area contributed by atoms with Gasteiger partial charge in [0.2, 0.25) is 0 Å². The first kappa shape index (κ1) is 46.7. The highest BCUT2D eigenvalue weighted by Crippen LogP contribution is 2.46. The van der Waals surface area contributed by atoms with Gasteiger partial charge in [-0.25, -0.2) is 17.6 Å². The highest BCUT2D eigenvalue weighted by molar-refractivity contribution is 14.1. The van der Waals surface area contributed by atoms with Crippen molar-refractivity contribution < 1.29 is 36.5 Å². The number of nitrogens with zero attached hydrogens (tertiary/aromatic N) is 1. The van der Waals surface area contributed by atoms with Gasteiger partial charge in [0.15, 0.2) is 0 Å². The molecule has 6 aromatic rings. The van der Waals surface area contributed by atoms with Crippen molar-refractivity contribution in [2.45, 2.75) is 0 Å². The molecule has 0 bridgehead atoms. The summed E-state index contributed by atoms with van der Waals surface area (Å²) >= 11 is 9.01. The molecule has 6 nitrogen and oxygen atoms in total. The first-order valence-electron chi connectivity index (χ1n) is 15.6. The lowest BCUT2D eigenvalue weighted by atomic mass is 10.1. The number of methoxy groups -OCH3 is 4. The second kappa shape index (κ2) is 22.8. The minimum atomic E-state index is -0.696. The standard InChI is InChI=1S/C20H16BrF2NO2.C13H11F2NO.C7H6BrIO.CH3.BH4/c1-25-18-9-4-3-8-16(18)24(20-14(22)6-5-7-15(20)23)17-12-13(21)10-11-19(17)26-2;1-17-12-8-3-2-7-11(12)16-13-9(14)5-4-6-10(13)15;1-10-7-3-2-5(8)4-6(7)9;;/h3-12H,1-2H3;2-8,16H,1H3;2-4H,1H3;1H3;1H4/q;;;2*-1. The Hall–Kier alpha value is -4.41. The van der Waals surface area contributed by atoms with Crippen molar-refractivity contribution >= 4 is 91.3 Å². The van der Waals surface area contributed by atoms with Gasteiger partial charge >= 0.3 is 0 Å². The van der Waals surface area contributed by atoms with Crippen LogP contribution in [0.3, 0.4) is 0 Å². The van der Waals surface area contributed by atoms with Gasteiger partial charge in [-0.3, -0.25) is 4.90 Å². The molecule has 0 heterocycles. The summed E-state index contributed by atoms with van der Waals surface area (Å²) in [5.74, 6) is -0.305. The average molecular weight is 998 g/mol. The normalized spacial score (nSPS) is 9.80. The van der Waals surface area contributed by atoms with E-state index in [0.29, 0.717) is 34.3 Å². The molecule has 6 aromatic carbocycles. The third-order valence-corrected chi connectivity index (χ3v) is 9.14. The quantitative estimate of drug-likeness (QED) is 0.0674. The fraction of sp³-hybridized carbons (Fsp3) is 0.0976. The molecular formula is C41H40BBr2F4IN2O4-2. The highest BCUT2D eigenvalue weighted by atomic mass is 127. The van der Waals surface area contributed by atoms with Crippen LogP contribution in [0.1, 0.15) is 0 Å². The largest absolute Gasteiger partial charge is 0.496 e. The van der Waals surface area contributed by atoms with Gasteiger partial charge in [0, 0.05) is 8.95 Å². The van der Waals surface area contributed by atoms with Crippen LogP contribution in [-0.2, 0) is 0 Å². The fourth-order valence-corrected chi connectivity index (χ4v) is 6.74. The van der Waals surface area contributed by atoms with E-state index in [9.17, 15) is 17.6 Å². The lowest BCUT2D eigenvalue weighted by molar-refractivity contribution is 0.411. The Labute approximate surface area is 351 Å². The van der Waals surface area contributed by atoms with E-state index in [0.717, 1.165) is 18.3 Å². The molecule has 1 N–H and O–H groups in total. The Morgan fingerprint density at radius 1 is 0.527 bits per heavy atom. The van der Waals surface area contributed by atoms with Crippen LogP contribution in [0.15, 0.2) is 130 Å². The fourth-order valence-electron chi connectivity index (χ4n) is 4.87. The van der Waals surface area contributed by atoms with E-state index >= 15 is 0 Å². The van der Waals surface area contributed by atoms with Gasteiger partial charge in [-0.05, 0) is 108 Å². The second-order valence-electron chi connectivity index (χ2n) is 10.6. The number of hydrogen-bond donors (Lipinski definition) is 1. The predicted molar refractivity (Wildman–Crippen MR) is 236 cm³/mol. The Balaban J connectivity index is 0.000000310. The molecule has 0 aliphatic carbocycles. The number of ether oxygens (including phenoxy) is 4. The molecule has 6 rings (SSSR count). The van der Waals surface area contributed by atoms with E-state index in [1.165, 1.54) is 62.6 Å². The smallest absolute Gasteiger partial charge is 0.150 e. The van der Waals surface area contributed by atoms with Gasteiger partial charge in [0.25, 0.3) is 0 Å². The zero-order valence-corrected chi connectivity index (χ0v) is 35.1. The van der Waals surface area contributed by atoms with Gasteiger partial charge in [-0.1, -0.05) is 76.7 Å².